The van der Waals surface area contributed by atoms with Crippen molar-refractivity contribution in [2.45, 2.75) is 19.9 Å². The van der Waals surface area contributed by atoms with Gasteiger partial charge in [0.25, 0.3) is 5.91 Å². The normalized spacial score (nSPS) is 13.8. The summed E-state index contributed by atoms with van der Waals surface area (Å²) < 4.78 is 10.6. The maximum absolute atomic E-state index is 12.1. The van der Waals surface area contributed by atoms with Crippen LogP contribution in [0.1, 0.15) is 34.7 Å². The molecule has 2 heterocycles. The van der Waals surface area contributed by atoms with Gasteiger partial charge in [0.05, 0.1) is 17.9 Å². The number of hydrogen-bond donors (Lipinski definition) is 1. The van der Waals surface area contributed by atoms with Crippen LogP contribution in [-0.2, 0) is 0 Å². The molecule has 1 atom stereocenters. The van der Waals surface area contributed by atoms with Crippen molar-refractivity contribution in [2.24, 2.45) is 0 Å². The van der Waals surface area contributed by atoms with E-state index < -0.39 is 0 Å². The number of nitrogens with zero attached hydrogens (tertiary/aromatic N) is 2. The minimum atomic E-state index is -0.257. The molecule has 108 valence electrons. The van der Waals surface area contributed by atoms with E-state index in [2.05, 4.69) is 15.3 Å². The molecule has 1 aliphatic rings. The molecule has 0 spiro atoms. The molecule has 1 unspecified atom stereocenters. The number of amides is 1. The van der Waals surface area contributed by atoms with E-state index in [1.807, 2.05) is 32.0 Å². The lowest BCUT2D eigenvalue weighted by atomic mass is 10.1. The quantitative estimate of drug-likeness (QED) is 0.933. The average molecular weight is 285 g/mol. The lowest BCUT2D eigenvalue weighted by molar-refractivity contribution is 0.0934. The topological polar surface area (TPSA) is 73.3 Å². The fraction of sp³-hybridized carbons (Fsp3) is 0.267. The standard InChI is InChI=1S/C15H15N3O3/c1-9-6-17-12(7-16-9)15(19)18-10(2)11-3-4-13-14(5-11)21-8-20-13/h3-7,10H,8H2,1-2H3,(H,18,19). The van der Waals surface area contributed by atoms with Gasteiger partial charge in [-0.3, -0.25) is 9.78 Å². The minimum absolute atomic E-state index is 0.171. The molecule has 6 nitrogen and oxygen atoms in total. The van der Waals surface area contributed by atoms with Crippen LogP contribution in [0, 0.1) is 6.92 Å². The molecule has 21 heavy (non-hydrogen) atoms. The number of rotatable bonds is 3. The Kier molecular flexibility index (Phi) is 3.43. The molecule has 0 radical (unpaired) electrons. The smallest absolute Gasteiger partial charge is 0.271 e. The van der Waals surface area contributed by atoms with E-state index in [0.717, 1.165) is 17.0 Å². The number of fused-ring (bicyclic) bond motifs is 1. The summed E-state index contributed by atoms with van der Waals surface area (Å²) in [4.78, 5) is 20.2. The highest BCUT2D eigenvalue weighted by Gasteiger charge is 2.17. The SMILES string of the molecule is Cc1cnc(C(=O)NC(C)c2ccc3c(c2)OCO3)cn1. The first-order chi connectivity index (χ1) is 10.1. The van der Waals surface area contributed by atoms with Gasteiger partial charge < -0.3 is 14.8 Å². The molecule has 1 N–H and O–H groups in total. The third-order valence-corrected chi connectivity index (χ3v) is 3.26. The Balaban J connectivity index is 1.72. The zero-order valence-electron chi connectivity index (χ0n) is 11.8. The molecule has 0 saturated heterocycles. The fourth-order valence-electron chi connectivity index (χ4n) is 2.05. The van der Waals surface area contributed by atoms with Gasteiger partial charge in [-0.2, -0.15) is 0 Å². The van der Waals surface area contributed by atoms with Crippen molar-refractivity contribution < 1.29 is 14.3 Å². The first-order valence-electron chi connectivity index (χ1n) is 6.62. The summed E-state index contributed by atoms with van der Waals surface area (Å²) in [6.07, 6.45) is 3.04. The summed E-state index contributed by atoms with van der Waals surface area (Å²) in [7, 11) is 0. The van der Waals surface area contributed by atoms with E-state index in [0.29, 0.717) is 11.4 Å². The Morgan fingerprint density at radius 1 is 1.24 bits per heavy atom. The number of hydrogen-bond acceptors (Lipinski definition) is 5. The average Bonchev–Trinajstić information content (AvgIpc) is 2.95. The van der Waals surface area contributed by atoms with Gasteiger partial charge in [0.1, 0.15) is 5.69 Å². The Labute approximate surface area is 122 Å². The van der Waals surface area contributed by atoms with Crippen LogP contribution in [0.3, 0.4) is 0 Å². The number of ether oxygens (including phenoxy) is 2. The number of carbonyl (C=O) groups excluding carboxylic acids is 1. The van der Waals surface area contributed by atoms with Gasteiger partial charge in [-0.05, 0) is 31.5 Å². The lowest BCUT2D eigenvalue weighted by Gasteiger charge is -2.14. The van der Waals surface area contributed by atoms with Gasteiger partial charge in [-0.1, -0.05) is 6.07 Å². The van der Waals surface area contributed by atoms with Gasteiger partial charge in [-0.25, -0.2) is 4.98 Å². The van der Waals surface area contributed by atoms with Crippen molar-refractivity contribution in [1.29, 1.82) is 0 Å². The predicted molar refractivity (Wildman–Crippen MR) is 75.2 cm³/mol. The van der Waals surface area contributed by atoms with Crippen molar-refractivity contribution >= 4 is 5.91 Å². The molecule has 1 aromatic carbocycles. The van der Waals surface area contributed by atoms with Crippen LogP contribution in [0.25, 0.3) is 0 Å². The molecular formula is C15H15N3O3. The van der Waals surface area contributed by atoms with Gasteiger partial charge >= 0.3 is 0 Å². The monoisotopic (exact) mass is 285 g/mol. The number of aromatic nitrogens is 2. The Morgan fingerprint density at radius 2 is 2.05 bits per heavy atom. The molecule has 0 saturated carbocycles. The first-order valence-corrected chi connectivity index (χ1v) is 6.62. The zero-order valence-corrected chi connectivity index (χ0v) is 11.8. The van der Waals surface area contributed by atoms with E-state index in [9.17, 15) is 4.79 Å². The van der Waals surface area contributed by atoms with Crippen LogP contribution < -0.4 is 14.8 Å². The predicted octanol–water partition coefficient (Wildman–Crippen LogP) is 2.00. The van der Waals surface area contributed by atoms with E-state index in [4.69, 9.17) is 9.47 Å². The summed E-state index contributed by atoms with van der Waals surface area (Å²) >= 11 is 0. The third kappa shape index (κ3) is 2.79. The molecular weight excluding hydrogens is 270 g/mol. The molecule has 6 heteroatoms. The number of aryl methyl sites for hydroxylation is 1. The lowest BCUT2D eigenvalue weighted by Crippen LogP contribution is -2.27. The second-order valence-electron chi connectivity index (χ2n) is 4.85. The first kappa shape index (κ1) is 13.4. The van der Waals surface area contributed by atoms with Crippen LogP contribution in [0.2, 0.25) is 0 Å². The van der Waals surface area contributed by atoms with E-state index in [1.165, 1.54) is 6.20 Å². The second kappa shape index (κ2) is 5.40. The fourth-order valence-corrected chi connectivity index (χ4v) is 2.05. The van der Waals surface area contributed by atoms with E-state index in [1.54, 1.807) is 6.20 Å². The van der Waals surface area contributed by atoms with Crippen molar-refractivity contribution in [3.05, 3.63) is 47.5 Å². The maximum atomic E-state index is 12.1. The molecule has 1 aromatic heterocycles. The number of benzene rings is 1. The highest BCUT2D eigenvalue weighted by molar-refractivity contribution is 5.92. The van der Waals surface area contributed by atoms with Crippen LogP contribution in [0.15, 0.2) is 30.6 Å². The summed E-state index contributed by atoms with van der Waals surface area (Å²) in [5, 5.41) is 2.89. The van der Waals surface area contributed by atoms with E-state index in [-0.39, 0.29) is 18.7 Å². The van der Waals surface area contributed by atoms with Crippen molar-refractivity contribution in [3.63, 3.8) is 0 Å². The van der Waals surface area contributed by atoms with Crippen LogP contribution in [0.4, 0.5) is 0 Å². The maximum Gasteiger partial charge on any atom is 0.271 e. The van der Waals surface area contributed by atoms with Crippen molar-refractivity contribution in [1.82, 2.24) is 15.3 Å². The Morgan fingerprint density at radius 3 is 2.81 bits per heavy atom. The zero-order chi connectivity index (χ0) is 14.8. The molecule has 1 aliphatic heterocycles. The minimum Gasteiger partial charge on any atom is -0.454 e. The highest BCUT2D eigenvalue weighted by Crippen LogP contribution is 2.34. The van der Waals surface area contributed by atoms with Crippen molar-refractivity contribution in [2.75, 3.05) is 6.79 Å². The Hall–Kier alpha value is -2.63. The van der Waals surface area contributed by atoms with Gasteiger partial charge in [0, 0.05) is 6.20 Å². The van der Waals surface area contributed by atoms with Gasteiger partial charge in [0.15, 0.2) is 11.5 Å². The molecule has 1 amide bonds. The van der Waals surface area contributed by atoms with E-state index >= 15 is 0 Å². The molecule has 2 aromatic rings. The van der Waals surface area contributed by atoms with Crippen LogP contribution in [-0.4, -0.2) is 22.7 Å². The summed E-state index contributed by atoms with van der Waals surface area (Å²) in [5.74, 6) is 1.16. The summed E-state index contributed by atoms with van der Waals surface area (Å²) in [5.41, 5.74) is 2.01. The summed E-state index contributed by atoms with van der Waals surface area (Å²) in [6, 6.07) is 5.44. The molecule has 0 aliphatic carbocycles. The van der Waals surface area contributed by atoms with Gasteiger partial charge in [-0.15, -0.1) is 0 Å². The number of carbonyl (C=O) groups is 1. The number of nitrogens with one attached hydrogen (secondary N) is 1. The molecule has 0 bridgehead atoms. The summed E-state index contributed by atoms with van der Waals surface area (Å²) in [6.45, 7) is 3.96. The van der Waals surface area contributed by atoms with Gasteiger partial charge in [0.2, 0.25) is 6.79 Å². The van der Waals surface area contributed by atoms with Crippen LogP contribution in [0.5, 0.6) is 11.5 Å². The molecule has 0 fully saturated rings. The highest BCUT2D eigenvalue weighted by atomic mass is 16.7. The Bertz CT molecular complexity index is 670. The molecule has 3 rings (SSSR count). The third-order valence-electron chi connectivity index (χ3n) is 3.26. The second-order valence-corrected chi connectivity index (χ2v) is 4.85. The van der Waals surface area contributed by atoms with Crippen molar-refractivity contribution in [3.8, 4) is 11.5 Å². The van der Waals surface area contributed by atoms with Crippen LogP contribution >= 0.6 is 0 Å². The largest absolute Gasteiger partial charge is 0.454 e.